The van der Waals surface area contributed by atoms with Crippen molar-refractivity contribution in [2.24, 2.45) is 5.92 Å². The highest BCUT2D eigenvalue weighted by Gasteiger charge is 2.12. The molecule has 1 unspecified atom stereocenters. The lowest BCUT2D eigenvalue weighted by Crippen LogP contribution is -2.12. The first-order valence-electron chi connectivity index (χ1n) is 5.58. The number of aliphatic carboxylic acids is 1. The van der Waals surface area contributed by atoms with E-state index in [4.69, 9.17) is 5.11 Å². The fourth-order valence-electron chi connectivity index (χ4n) is 1.46. The minimum absolute atomic E-state index is 0.342. The van der Waals surface area contributed by atoms with Crippen LogP contribution < -0.4 is 0 Å². The van der Waals surface area contributed by atoms with Gasteiger partial charge in [-0.3, -0.25) is 4.79 Å². The van der Waals surface area contributed by atoms with Crippen LogP contribution in [-0.2, 0) is 11.2 Å². The summed E-state index contributed by atoms with van der Waals surface area (Å²) in [5, 5.41) is 9.41. The minimum atomic E-state index is -0.748. The average Bonchev–Trinajstić information content (AvgIpc) is 2.21. The van der Waals surface area contributed by atoms with Gasteiger partial charge >= 0.3 is 5.97 Å². The van der Waals surface area contributed by atoms with Gasteiger partial charge in [-0.2, -0.15) is 0 Å². The molecule has 0 amide bonds. The van der Waals surface area contributed by atoms with Crippen molar-refractivity contribution < 1.29 is 9.90 Å². The van der Waals surface area contributed by atoms with Crippen LogP contribution in [0.1, 0.15) is 26.3 Å². The van der Waals surface area contributed by atoms with Crippen LogP contribution >= 0.6 is 27.7 Å². The van der Waals surface area contributed by atoms with Crippen LogP contribution in [0.3, 0.4) is 0 Å². The van der Waals surface area contributed by atoms with E-state index in [0.29, 0.717) is 11.7 Å². The summed E-state index contributed by atoms with van der Waals surface area (Å²) in [5.74, 6) is -1.09. The SMILES string of the molecule is CC(C)Sc1ccc(CC(C)C(=O)O)cc1Br. The maximum Gasteiger partial charge on any atom is 0.306 e. The van der Waals surface area contributed by atoms with Gasteiger partial charge in [0.25, 0.3) is 0 Å². The van der Waals surface area contributed by atoms with Crippen molar-refractivity contribution in [3.05, 3.63) is 28.2 Å². The molecule has 1 aromatic carbocycles. The number of hydrogen-bond acceptors (Lipinski definition) is 2. The normalized spacial score (nSPS) is 12.8. The highest BCUT2D eigenvalue weighted by atomic mass is 79.9. The molecule has 0 bridgehead atoms. The van der Waals surface area contributed by atoms with Gasteiger partial charge in [-0.15, -0.1) is 11.8 Å². The zero-order chi connectivity index (χ0) is 13.0. The van der Waals surface area contributed by atoms with E-state index in [9.17, 15) is 4.79 Å². The molecule has 1 atom stereocenters. The zero-order valence-electron chi connectivity index (χ0n) is 10.2. The van der Waals surface area contributed by atoms with Gasteiger partial charge in [-0.25, -0.2) is 0 Å². The lowest BCUT2D eigenvalue weighted by atomic mass is 10.0. The highest BCUT2D eigenvalue weighted by Crippen LogP contribution is 2.31. The van der Waals surface area contributed by atoms with Crippen molar-refractivity contribution in [2.45, 2.75) is 37.3 Å². The lowest BCUT2D eigenvalue weighted by Gasteiger charge is -2.10. The highest BCUT2D eigenvalue weighted by molar-refractivity contribution is 9.10. The Morgan fingerprint density at radius 2 is 2.06 bits per heavy atom. The second-order valence-corrected chi connectivity index (χ2v) is 6.85. The van der Waals surface area contributed by atoms with Gasteiger partial charge < -0.3 is 5.11 Å². The predicted octanol–water partition coefficient (Wildman–Crippen LogP) is 4.21. The Morgan fingerprint density at radius 1 is 1.41 bits per heavy atom. The Balaban J connectivity index is 2.78. The number of thioether (sulfide) groups is 1. The van der Waals surface area contributed by atoms with Crippen molar-refractivity contribution in [1.29, 1.82) is 0 Å². The zero-order valence-corrected chi connectivity index (χ0v) is 12.6. The lowest BCUT2D eigenvalue weighted by molar-refractivity contribution is -0.141. The van der Waals surface area contributed by atoms with E-state index in [1.165, 1.54) is 4.90 Å². The van der Waals surface area contributed by atoms with Gasteiger partial charge in [0.1, 0.15) is 0 Å². The smallest absolute Gasteiger partial charge is 0.306 e. The Bertz CT molecular complexity index is 404. The van der Waals surface area contributed by atoms with Crippen molar-refractivity contribution in [2.75, 3.05) is 0 Å². The average molecular weight is 317 g/mol. The van der Waals surface area contributed by atoms with Crippen LogP contribution in [0.5, 0.6) is 0 Å². The summed E-state index contributed by atoms with van der Waals surface area (Å²) in [6.45, 7) is 6.03. The molecule has 0 spiro atoms. The van der Waals surface area contributed by atoms with E-state index in [1.54, 1.807) is 18.7 Å². The monoisotopic (exact) mass is 316 g/mol. The Kier molecular flexibility index (Phi) is 5.53. The molecule has 0 heterocycles. The van der Waals surface area contributed by atoms with Crippen LogP contribution in [0.4, 0.5) is 0 Å². The molecule has 0 saturated carbocycles. The molecule has 0 aliphatic carbocycles. The van der Waals surface area contributed by atoms with E-state index in [1.807, 2.05) is 12.1 Å². The molecule has 0 aromatic heterocycles. The summed E-state index contributed by atoms with van der Waals surface area (Å²) >= 11 is 5.33. The van der Waals surface area contributed by atoms with E-state index in [2.05, 4.69) is 35.8 Å². The van der Waals surface area contributed by atoms with E-state index in [0.717, 1.165) is 10.0 Å². The molecule has 94 valence electrons. The largest absolute Gasteiger partial charge is 0.481 e. The van der Waals surface area contributed by atoms with Crippen LogP contribution in [0.15, 0.2) is 27.6 Å². The summed E-state index contributed by atoms with van der Waals surface area (Å²) in [7, 11) is 0. The topological polar surface area (TPSA) is 37.3 Å². The molecule has 1 N–H and O–H groups in total. The molecule has 1 rings (SSSR count). The fraction of sp³-hybridized carbons (Fsp3) is 0.462. The standard InChI is InChI=1S/C13H17BrO2S/c1-8(2)17-12-5-4-10(7-11(12)14)6-9(3)13(15)16/h4-5,7-9H,6H2,1-3H3,(H,15,16). The van der Waals surface area contributed by atoms with Gasteiger partial charge in [-0.1, -0.05) is 26.8 Å². The number of carboxylic acid groups (broad SMARTS) is 1. The Morgan fingerprint density at radius 3 is 2.53 bits per heavy atom. The molecular formula is C13H17BrO2S. The number of rotatable bonds is 5. The van der Waals surface area contributed by atoms with Crippen molar-refractivity contribution >= 4 is 33.7 Å². The second-order valence-electron chi connectivity index (χ2n) is 4.37. The Labute approximate surface area is 115 Å². The van der Waals surface area contributed by atoms with Gasteiger partial charge in [0.15, 0.2) is 0 Å². The molecule has 0 saturated heterocycles. The van der Waals surface area contributed by atoms with E-state index >= 15 is 0 Å². The quantitative estimate of drug-likeness (QED) is 0.827. The third-order valence-electron chi connectivity index (χ3n) is 2.32. The molecule has 0 fully saturated rings. The number of benzene rings is 1. The maximum atomic E-state index is 10.8. The molecule has 0 aliphatic heterocycles. The molecule has 0 aliphatic rings. The first kappa shape index (κ1) is 14.6. The number of carbonyl (C=O) groups is 1. The number of halogens is 1. The third-order valence-corrected chi connectivity index (χ3v) is 4.32. The Hall–Kier alpha value is -0.480. The number of carboxylic acids is 1. The van der Waals surface area contributed by atoms with Crippen molar-refractivity contribution in [1.82, 2.24) is 0 Å². The number of hydrogen-bond donors (Lipinski definition) is 1. The summed E-state index contributed by atoms with van der Waals surface area (Å²) in [6, 6.07) is 6.08. The van der Waals surface area contributed by atoms with Gasteiger partial charge in [0.05, 0.1) is 5.92 Å². The van der Waals surface area contributed by atoms with Crippen LogP contribution in [-0.4, -0.2) is 16.3 Å². The summed E-state index contributed by atoms with van der Waals surface area (Å²) in [5.41, 5.74) is 1.06. The first-order valence-corrected chi connectivity index (χ1v) is 7.25. The molecule has 17 heavy (non-hydrogen) atoms. The molecule has 4 heteroatoms. The third kappa shape index (κ3) is 4.72. The van der Waals surface area contributed by atoms with E-state index < -0.39 is 5.97 Å². The summed E-state index contributed by atoms with van der Waals surface area (Å²) < 4.78 is 1.05. The van der Waals surface area contributed by atoms with Crippen LogP contribution in [0, 0.1) is 5.92 Å². The molecule has 2 nitrogen and oxygen atoms in total. The van der Waals surface area contributed by atoms with Crippen LogP contribution in [0.25, 0.3) is 0 Å². The first-order chi connectivity index (χ1) is 7.90. The van der Waals surface area contributed by atoms with Gasteiger partial charge in [0, 0.05) is 14.6 Å². The van der Waals surface area contributed by atoms with Gasteiger partial charge in [0.2, 0.25) is 0 Å². The van der Waals surface area contributed by atoms with Crippen molar-refractivity contribution in [3.63, 3.8) is 0 Å². The maximum absolute atomic E-state index is 10.8. The van der Waals surface area contributed by atoms with Crippen molar-refractivity contribution in [3.8, 4) is 0 Å². The fourth-order valence-corrected chi connectivity index (χ4v) is 2.99. The van der Waals surface area contributed by atoms with Gasteiger partial charge in [-0.05, 0) is 40.0 Å². The molecule has 0 radical (unpaired) electrons. The second kappa shape index (κ2) is 6.45. The predicted molar refractivity (Wildman–Crippen MR) is 75.6 cm³/mol. The van der Waals surface area contributed by atoms with E-state index in [-0.39, 0.29) is 5.92 Å². The molecular weight excluding hydrogens is 300 g/mol. The summed E-state index contributed by atoms with van der Waals surface area (Å²) in [4.78, 5) is 12.0. The summed E-state index contributed by atoms with van der Waals surface area (Å²) in [6.07, 6.45) is 0.570. The minimum Gasteiger partial charge on any atom is -0.481 e. The molecule has 1 aromatic rings. The van der Waals surface area contributed by atoms with Crippen LogP contribution in [0.2, 0.25) is 0 Å².